The van der Waals surface area contributed by atoms with Crippen LogP contribution in [-0.2, 0) is 17.8 Å². The first-order chi connectivity index (χ1) is 9.26. The summed E-state index contributed by atoms with van der Waals surface area (Å²) in [5.41, 5.74) is 2.54. The maximum atomic E-state index is 6.11. The zero-order chi connectivity index (χ0) is 13.7. The van der Waals surface area contributed by atoms with E-state index in [1.54, 1.807) is 7.11 Å². The number of ether oxygens (including phenoxy) is 1. The number of hydrogen-bond acceptors (Lipinski definition) is 2. The van der Waals surface area contributed by atoms with Gasteiger partial charge in [0.1, 0.15) is 0 Å². The number of halogens is 1. The minimum atomic E-state index is 0.791. The number of aryl methyl sites for hydroxylation is 1. The summed E-state index contributed by atoms with van der Waals surface area (Å²) < 4.78 is 7.38. The van der Waals surface area contributed by atoms with Crippen LogP contribution in [-0.4, -0.2) is 25.3 Å². The molecule has 2 rings (SSSR count). The molecule has 0 atom stereocenters. The molecule has 0 saturated carbocycles. The molecule has 0 saturated heterocycles. The van der Waals surface area contributed by atoms with Crippen molar-refractivity contribution >= 4 is 22.5 Å². The van der Waals surface area contributed by atoms with Gasteiger partial charge in [-0.25, -0.2) is 0 Å². The summed E-state index contributed by atoms with van der Waals surface area (Å²) in [6.07, 6.45) is 4.42. The fourth-order valence-corrected chi connectivity index (χ4v) is 2.55. The third kappa shape index (κ3) is 3.50. The SMILES string of the molecule is CNCc1cn(CCCCOC)c2cc(Cl)ccc12. The second-order valence-electron chi connectivity index (χ2n) is 4.74. The minimum Gasteiger partial charge on any atom is -0.385 e. The van der Waals surface area contributed by atoms with E-state index in [-0.39, 0.29) is 0 Å². The van der Waals surface area contributed by atoms with E-state index >= 15 is 0 Å². The normalized spacial score (nSPS) is 11.3. The molecule has 2 aromatic rings. The maximum Gasteiger partial charge on any atom is 0.0498 e. The molecule has 0 unspecified atom stereocenters. The van der Waals surface area contributed by atoms with Gasteiger partial charge in [0.2, 0.25) is 0 Å². The average molecular weight is 281 g/mol. The number of hydrogen-bond donors (Lipinski definition) is 1. The van der Waals surface area contributed by atoms with Gasteiger partial charge in [-0.3, -0.25) is 0 Å². The third-order valence-corrected chi connectivity index (χ3v) is 3.53. The van der Waals surface area contributed by atoms with Gasteiger partial charge in [0, 0.05) is 48.9 Å². The van der Waals surface area contributed by atoms with Gasteiger partial charge in [-0.2, -0.15) is 0 Å². The zero-order valence-corrected chi connectivity index (χ0v) is 12.3. The van der Waals surface area contributed by atoms with Crippen molar-refractivity contribution in [2.45, 2.75) is 25.9 Å². The Balaban J connectivity index is 2.23. The lowest BCUT2D eigenvalue weighted by molar-refractivity contribution is 0.191. The third-order valence-electron chi connectivity index (χ3n) is 3.29. The van der Waals surface area contributed by atoms with E-state index < -0.39 is 0 Å². The molecule has 3 nitrogen and oxygen atoms in total. The highest BCUT2D eigenvalue weighted by atomic mass is 35.5. The van der Waals surface area contributed by atoms with E-state index in [2.05, 4.69) is 22.1 Å². The first kappa shape index (κ1) is 14.4. The Morgan fingerprint density at radius 1 is 1.32 bits per heavy atom. The number of aromatic nitrogens is 1. The van der Waals surface area contributed by atoms with Crippen molar-refractivity contribution < 1.29 is 4.74 Å². The van der Waals surface area contributed by atoms with Crippen LogP contribution >= 0.6 is 11.6 Å². The first-order valence-corrected chi connectivity index (χ1v) is 7.05. The van der Waals surface area contributed by atoms with Crippen LogP contribution in [0, 0.1) is 0 Å². The zero-order valence-electron chi connectivity index (χ0n) is 11.6. The minimum absolute atomic E-state index is 0.791. The molecule has 4 heteroatoms. The Morgan fingerprint density at radius 3 is 2.89 bits per heavy atom. The standard InChI is InChI=1S/C15H21ClN2O/c1-17-10-12-11-18(7-3-4-8-19-2)15-9-13(16)5-6-14(12)15/h5-6,9,11,17H,3-4,7-8,10H2,1-2H3. The second-order valence-corrected chi connectivity index (χ2v) is 5.18. The van der Waals surface area contributed by atoms with Crippen molar-refractivity contribution in [1.82, 2.24) is 9.88 Å². The molecule has 104 valence electrons. The second kappa shape index (κ2) is 6.94. The topological polar surface area (TPSA) is 26.2 Å². The van der Waals surface area contributed by atoms with Gasteiger partial charge < -0.3 is 14.6 Å². The number of unbranched alkanes of at least 4 members (excludes halogenated alkanes) is 1. The molecule has 0 bridgehead atoms. The average Bonchev–Trinajstić information content (AvgIpc) is 2.73. The monoisotopic (exact) mass is 280 g/mol. The number of fused-ring (bicyclic) bond motifs is 1. The predicted molar refractivity (Wildman–Crippen MR) is 80.8 cm³/mol. The predicted octanol–water partition coefficient (Wildman–Crippen LogP) is 3.44. The lowest BCUT2D eigenvalue weighted by Gasteiger charge is -2.05. The largest absolute Gasteiger partial charge is 0.385 e. The van der Waals surface area contributed by atoms with Crippen LogP contribution in [0.1, 0.15) is 18.4 Å². The fraction of sp³-hybridized carbons (Fsp3) is 0.467. The van der Waals surface area contributed by atoms with Gasteiger partial charge in [-0.1, -0.05) is 17.7 Å². The molecule has 0 aliphatic heterocycles. The van der Waals surface area contributed by atoms with E-state index in [0.717, 1.165) is 37.6 Å². The fourth-order valence-electron chi connectivity index (χ4n) is 2.39. The molecule has 1 aromatic heterocycles. The van der Waals surface area contributed by atoms with E-state index in [4.69, 9.17) is 16.3 Å². The summed E-state index contributed by atoms with van der Waals surface area (Å²) in [5.74, 6) is 0. The summed E-state index contributed by atoms with van der Waals surface area (Å²) in [7, 11) is 3.72. The smallest absolute Gasteiger partial charge is 0.0498 e. The van der Waals surface area contributed by atoms with E-state index in [1.165, 1.54) is 16.5 Å². The van der Waals surface area contributed by atoms with Crippen molar-refractivity contribution in [3.63, 3.8) is 0 Å². The Labute approximate surface area is 119 Å². The molecule has 0 amide bonds. The Hall–Kier alpha value is -1.03. The van der Waals surface area contributed by atoms with Gasteiger partial charge >= 0.3 is 0 Å². The molecular weight excluding hydrogens is 260 g/mol. The van der Waals surface area contributed by atoms with Gasteiger partial charge in [-0.15, -0.1) is 0 Å². The highest BCUT2D eigenvalue weighted by molar-refractivity contribution is 6.31. The number of rotatable bonds is 7. The van der Waals surface area contributed by atoms with Crippen LogP contribution in [0.2, 0.25) is 5.02 Å². The van der Waals surface area contributed by atoms with Crippen LogP contribution in [0.15, 0.2) is 24.4 Å². The lowest BCUT2D eigenvalue weighted by atomic mass is 10.2. The lowest BCUT2D eigenvalue weighted by Crippen LogP contribution is -2.04. The molecule has 1 N–H and O–H groups in total. The van der Waals surface area contributed by atoms with Crippen molar-refractivity contribution in [2.24, 2.45) is 0 Å². The van der Waals surface area contributed by atoms with Gasteiger partial charge in [0.15, 0.2) is 0 Å². The van der Waals surface area contributed by atoms with Crippen molar-refractivity contribution in [2.75, 3.05) is 20.8 Å². The summed E-state index contributed by atoms with van der Waals surface area (Å²) in [6.45, 7) is 2.70. The Morgan fingerprint density at radius 2 is 2.16 bits per heavy atom. The highest BCUT2D eigenvalue weighted by Gasteiger charge is 2.08. The molecular formula is C15H21ClN2O. The van der Waals surface area contributed by atoms with Crippen LogP contribution in [0.4, 0.5) is 0 Å². The van der Waals surface area contributed by atoms with E-state index in [0.29, 0.717) is 0 Å². The molecule has 1 aromatic carbocycles. The number of nitrogens with one attached hydrogen (secondary N) is 1. The number of benzene rings is 1. The van der Waals surface area contributed by atoms with Crippen molar-refractivity contribution in [1.29, 1.82) is 0 Å². The summed E-state index contributed by atoms with van der Waals surface area (Å²) in [6, 6.07) is 6.11. The van der Waals surface area contributed by atoms with Crippen LogP contribution in [0.5, 0.6) is 0 Å². The molecule has 0 aliphatic rings. The van der Waals surface area contributed by atoms with Crippen LogP contribution in [0.3, 0.4) is 0 Å². The number of nitrogens with zero attached hydrogens (tertiary/aromatic N) is 1. The van der Waals surface area contributed by atoms with Gasteiger partial charge in [0.05, 0.1) is 0 Å². The summed E-state index contributed by atoms with van der Waals surface area (Å²) in [5, 5.41) is 5.29. The molecule has 19 heavy (non-hydrogen) atoms. The van der Waals surface area contributed by atoms with Crippen LogP contribution in [0.25, 0.3) is 10.9 Å². The highest BCUT2D eigenvalue weighted by Crippen LogP contribution is 2.25. The summed E-state index contributed by atoms with van der Waals surface area (Å²) >= 11 is 6.11. The van der Waals surface area contributed by atoms with Gasteiger partial charge in [-0.05, 0) is 37.6 Å². The van der Waals surface area contributed by atoms with E-state index in [9.17, 15) is 0 Å². The summed E-state index contributed by atoms with van der Waals surface area (Å²) in [4.78, 5) is 0. The molecule has 0 radical (unpaired) electrons. The van der Waals surface area contributed by atoms with Crippen LogP contribution < -0.4 is 5.32 Å². The Kier molecular flexibility index (Phi) is 5.25. The Bertz CT molecular complexity index is 536. The number of methoxy groups -OCH3 is 1. The molecule has 1 heterocycles. The van der Waals surface area contributed by atoms with Gasteiger partial charge in [0.25, 0.3) is 0 Å². The molecule has 0 aliphatic carbocycles. The van der Waals surface area contributed by atoms with Crippen molar-refractivity contribution in [3.8, 4) is 0 Å². The van der Waals surface area contributed by atoms with E-state index in [1.807, 2.05) is 19.2 Å². The molecule has 0 spiro atoms. The quantitative estimate of drug-likeness (QED) is 0.787. The first-order valence-electron chi connectivity index (χ1n) is 6.67. The van der Waals surface area contributed by atoms with Crippen molar-refractivity contribution in [3.05, 3.63) is 35.0 Å². The maximum absolute atomic E-state index is 6.11. The molecule has 0 fully saturated rings.